The van der Waals surface area contributed by atoms with Crippen LogP contribution in [-0.4, -0.2) is 46.2 Å². The molecule has 2 aromatic carbocycles. The Bertz CT molecular complexity index is 1890. The first-order valence-corrected chi connectivity index (χ1v) is 13.9. The molecule has 218 valence electrons. The lowest BCUT2D eigenvalue weighted by atomic mass is 9.85. The predicted molar refractivity (Wildman–Crippen MR) is 159 cm³/mol. The van der Waals surface area contributed by atoms with Gasteiger partial charge in [-0.3, -0.25) is 19.7 Å². The van der Waals surface area contributed by atoms with Crippen molar-refractivity contribution in [2.75, 3.05) is 13.7 Å². The van der Waals surface area contributed by atoms with E-state index in [0.717, 1.165) is 16.5 Å². The van der Waals surface area contributed by atoms with Crippen molar-refractivity contribution in [3.63, 3.8) is 0 Å². The van der Waals surface area contributed by atoms with Crippen molar-refractivity contribution in [3.8, 4) is 17.1 Å². The van der Waals surface area contributed by atoms with Crippen LogP contribution in [0.3, 0.4) is 0 Å². The van der Waals surface area contributed by atoms with Gasteiger partial charge < -0.3 is 24.1 Å². The molecule has 2 aliphatic rings. The summed E-state index contributed by atoms with van der Waals surface area (Å²) in [6, 6.07) is 17.8. The fourth-order valence-electron chi connectivity index (χ4n) is 5.43. The lowest BCUT2D eigenvalue weighted by molar-refractivity contribution is -0.188. The van der Waals surface area contributed by atoms with Crippen molar-refractivity contribution in [1.29, 1.82) is 0 Å². The van der Waals surface area contributed by atoms with Crippen LogP contribution >= 0.6 is 12.2 Å². The summed E-state index contributed by atoms with van der Waals surface area (Å²) in [5.41, 5.74) is 1.47. The Balaban J connectivity index is 1.23. The van der Waals surface area contributed by atoms with E-state index in [-0.39, 0.29) is 34.8 Å². The highest BCUT2D eigenvalue weighted by atomic mass is 32.1. The summed E-state index contributed by atoms with van der Waals surface area (Å²) >= 11 is 5.17. The number of carbonyl (C=O) groups is 3. The van der Waals surface area contributed by atoms with Gasteiger partial charge >= 0.3 is 11.9 Å². The van der Waals surface area contributed by atoms with Gasteiger partial charge in [-0.1, -0.05) is 25.1 Å². The number of hydrogen-bond acceptors (Lipinski definition) is 9. The number of pyridine rings is 2. The minimum Gasteiger partial charge on any atom is -0.497 e. The number of ether oxygens (including phenoxy) is 3. The van der Waals surface area contributed by atoms with Crippen LogP contribution in [-0.2, 0) is 37.8 Å². The van der Waals surface area contributed by atoms with Crippen molar-refractivity contribution in [3.05, 3.63) is 93.3 Å². The first kappa shape index (κ1) is 28.0. The molecule has 0 spiro atoms. The molecule has 0 bridgehead atoms. The fraction of sp³-hybridized carbons (Fsp3) is 0.226. The largest absolute Gasteiger partial charge is 0.497 e. The Morgan fingerprint density at radius 1 is 1.12 bits per heavy atom. The second-order valence-electron chi connectivity index (χ2n) is 10.1. The molecule has 0 saturated carbocycles. The van der Waals surface area contributed by atoms with Gasteiger partial charge in [-0.05, 0) is 61.1 Å². The maximum Gasteiger partial charge on any atom is 0.355 e. The molecule has 2 N–H and O–H groups in total. The van der Waals surface area contributed by atoms with E-state index >= 15 is 0 Å². The van der Waals surface area contributed by atoms with E-state index in [2.05, 4.69) is 10.6 Å². The Morgan fingerprint density at radius 2 is 1.88 bits per heavy atom. The zero-order chi connectivity index (χ0) is 30.3. The van der Waals surface area contributed by atoms with Crippen LogP contribution in [0.25, 0.3) is 22.3 Å². The SMILES string of the molecule is CC[C@@]1(OC(=O)CNC(=S)NC(=O)c2ccc(OC)cc2)C(=O)OCc2c1cc1n(c2=O)Cc2cc3ccccc3nc2-1. The third kappa shape index (κ3) is 4.89. The molecule has 1 amide bonds. The monoisotopic (exact) mass is 598 g/mol. The zero-order valence-corrected chi connectivity index (χ0v) is 24.1. The molecule has 0 saturated heterocycles. The minimum atomic E-state index is -1.85. The number of aromatic nitrogens is 2. The van der Waals surface area contributed by atoms with Gasteiger partial charge in [0.05, 0.1) is 36.1 Å². The van der Waals surface area contributed by atoms with E-state index in [9.17, 15) is 19.2 Å². The molecule has 1 atom stereocenters. The maximum atomic E-state index is 13.7. The van der Waals surface area contributed by atoms with Gasteiger partial charge in [0.2, 0.25) is 5.60 Å². The topological polar surface area (TPSA) is 138 Å². The van der Waals surface area contributed by atoms with Crippen LogP contribution in [0.1, 0.15) is 40.4 Å². The summed E-state index contributed by atoms with van der Waals surface area (Å²) in [4.78, 5) is 57.2. The molecule has 0 fully saturated rings. The summed E-state index contributed by atoms with van der Waals surface area (Å²) < 4.78 is 17.8. The van der Waals surface area contributed by atoms with Gasteiger partial charge in [0, 0.05) is 22.1 Å². The van der Waals surface area contributed by atoms with Crippen molar-refractivity contribution >= 4 is 46.1 Å². The quantitative estimate of drug-likeness (QED) is 0.222. The third-order valence-corrected chi connectivity index (χ3v) is 7.89. The van der Waals surface area contributed by atoms with Crippen LogP contribution in [0.4, 0.5) is 0 Å². The first-order valence-electron chi connectivity index (χ1n) is 13.5. The number of thiocarbonyl (C=S) groups is 1. The number of para-hydroxylation sites is 1. The summed E-state index contributed by atoms with van der Waals surface area (Å²) in [5, 5.41) is 5.96. The van der Waals surface area contributed by atoms with Gasteiger partial charge in [-0.2, -0.15) is 0 Å². The van der Waals surface area contributed by atoms with Gasteiger partial charge in [0.1, 0.15) is 18.9 Å². The number of hydrogen-bond donors (Lipinski definition) is 2. The third-order valence-electron chi connectivity index (χ3n) is 7.65. The molecule has 0 unspecified atom stereocenters. The second kappa shape index (κ2) is 11.0. The fourth-order valence-corrected chi connectivity index (χ4v) is 5.59. The minimum absolute atomic E-state index is 0.0180. The second-order valence-corrected chi connectivity index (χ2v) is 10.5. The smallest absolute Gasteiger partial charge is 0.355 e. The number of esters is 2. The summed E-state index contributed by atoms with van der Waals surface area (Å²) in [5.74, 6) is -1.51. The van der Waals surface area contributed by atoms with Gasteiger partial charge in [-0.15, -0.1) is 0 Å². The molecule has 12 heteroatoms. The molecule has 4 heterocycles. The van der Waals surface area contributed by atoms with E-state index in [1.165, 1.54) is 7.11 Å². The maximum absolute atomic E-state index is 13.7. The van der Waals surface area contributed by atoms with Gasteiger partial charge in [0.15, 0.2) is 5.11 Å². The Morgan fingerprint density at radius 3 is 2.63 bits per heavy atom. The Hall–Kier alpha value is -5.10. The van der Waals surface area contributed by atoms with Crippen molar-refractivity contribution < 1.29 is 28.6 Å². The number of benzene rings is 2. The van der Waals surface area contributed by atoms with Crippen LogP contribution < -0.4 is 20.9 Å². The number of nitrogens with one attached hydrogen (secondary N) is 2. The molecule has 0 radical (unpaired) electrons. The Kier molecular flexibility index (Phi) is 7.14. The number of methoxy groups -OCH3 is 1. The van der Waals surface area contributed by atoms with Crippen LogP contribution in [0.5, 0.6) is 5.75 Å². The number of amides is 1. The standard InChI is InChI=1S/C31H26N4O7S/c1-3-31(42-25(36)14-32-30(43)34-27(37)17-8-10-20(40-2)11-9-17)22-13-24-26-19(12-18-6-4-5-7-23(18)33-26)15-35(24)28(38)21(22)16-41-29(31)39/h4-13H,3,14-16H2,1-2H3,(H2,32,34,37,43)/t31-/m0/s1. The number of rotatable bonds is 6. The molecule has 0 aliphatic carbocycles. The van der Waals surface area contributed by atoms with E-state index < -0.39 is 30.0 Å². The molecular weight excluding hydrogens is 572 g/mol. The average molecular weight is 599 g/mol. The number of fused-ring (bicyclic) bond motifs is 5. The van der Waals surface area contributed by atoms with Crippen molar-refractivity contribution in [2.24, 2.45) is 0 Å². The van der Waals surface area contributed by atoms with Crippen molar-refractivity contribution in [2.45, 2.75) is 32.1 Å². The molecule has 6 rings (SSSR count). The molecule has 4 aromatic rings. The summed E-state index contributed by atoms with van der Waals surface area (Å²) in [6.45, 7) is 1.30. The molecule has 11 nitrogen and oxygen atoms in total. The number of carbonyl (C=O) groups excluding carboxylic acids is 3. The normalized spacial score (nSPS) is 16.4. The summed E-state index contributed by atoms with van der Waals surface area (Å²) in [7, 11) is 1.52. The lowest BCUT2D eigenvalue weighted by Crippen LogP contribution is -2.49. The van der Waals surface area contributed by atoms with Gasteiger partial charge in [0.25, 0.3) is 11.5 Å². The molecular formula is C31H26N4O7S. The highest BCUT2D eigenvalue weighted by Gasteiger charge is 2.50. The van der Waals surface area contributed by atoms with E-state index in [1.54, 1.807) is 41.8 Å². The van der Waals surface area contributed by atoms with E-state index in [0.29, 0.717) is 29.2 Å². The average Bonchev–Trinajstić information content (AvgIpc) is 3.38. The highest BCUT2D eigenvalue weighted by molar-refractivity contribution is 7.80. The zero-order valence-electron chi connectivity index (χ0n) is 23.3. The number of cyclic esters (lactones) is 1. The van der Waals surface area contributed by atoms with E-state index in [1.807, 2.05) is 30.3 Å². The van der Waals surface area contributed by atoms with Crippen LogP contribution in [0.15, 0.2) is 65.5 Å². The number of nitrogens with zero attached hydrogens (tertiary/aromatic N) is 2. The Labute approximate surface area is 250 Å². The van der Waals surface area contributed by atoms with Gasteiger partial charge in [-0.25, -0.2) is 9.78 Å². The lowest BCUT2D eigenvalue weighted by Gasteiger charge is -2.35. The first-order chi connectivity index (χ1) is 20.7. The van der Waals surface area contributed by atoms with Crippen LogP contribution in [0.2, 0.25) is 0 Å². The summed E-state index contributed by atoms with van der Waals surface area (Å²) in [6.07, 6.45) is 0.0180. The van der Waals surface area contributed by atoms with Crippen molar-refractivity contribution in [1.82, 2.24) is 20.2 Å². The van der Waals surface area contributed by atoms with Crippen LogP contribution in [0, 0.1) is 0 Å². The predicted octanol–water partition coefficient (Wildman–Crippen LogP) is 2.94. The molecule has 43 heavy (non-hydrogen) atoms. The van der Waals surface area contributed by atoms with E-state index in [4.69, 9.17) is 31.4 Å². The molecule has 2 aromatic heterocycles. The molecule has 2 aliphatic heterocycles. The highest BCUT2D eigenvalue weighted by Crippen LogP contribution is 2.40.